The predicted octanol–water partition coefficient (Wildman–Crippen LogP) is 1.20. The lowest BCUT2D eigenvalue weighted by Gasteiger charge is -2.13. The van der Waals surface area contributed by atoms with Gasteiger partial charge in [0.1, 0.15) is 0 Å². The number of aromatic nitrogens is 1. The lowest BCUT2D eigenvalue weighted by Crippen LogP contribution is -2.21. The first-order valence-electron chi connectivity index (χ1n) is 5.20. The second-order valence-corrected chi connectivity index (χ2v) is 3.36. The van der Waals surface area contributed by atoms with E-state index in [1.807, 2.05) is 0 Å². The van der Waals surface area contributed by atoms with Gasteiger partial charge in [-0.15, -0.1) is 13.2 Å². The summed E-state index contributed by atoms with van der Waals surface area (Å²) >= 11 is 0. The fourth-order valence-corrected chi connectivity index (χ4v) is 1.28. The number of nitrogens with two attached hydrogens (primary N) is 2. The normalized spacial score (nSPS) is 11.2. The second kappa shape index (κ2) is 5.74. The van der Waals surface area contributed by atoms with Gasteiger partial charge in [-0.05, 0) is 13.0 Å². The average Bonchev–Trinajstić information content (AvgIpc) is 2.29. The maximum absolute atomic E-state index is 12.1. The smallest absolute Gasteiger partial charge is 0.461 e. The first kappa shape index (κ1) is 15.0. The molecule has 0 saturated carbocycles. The standard InChI is InChI=1S/C10H12F3N3O3/c1-2-18-9(17)7-5(4-14)3-6(15)8(16-7)19-10(11,12)13/h3H,2,4,14-15H2,1H3. The maximum atomic E-state index is 12.1. The number of esters is 1. The van der Waals surface area contributed by atoms with Crippen LogP contribution in [-0.4, -0.2) is 23.9 Å². The van der Waals surface area contributed by atoms with Crippen molar-refractivity contribution < 1.29 is 27.4 Å². The molecule has 0 aliphatic carbocycles. The highest BCUT2D eigenvalue weighted by atomic mass is 19.4. The molecular weight excluding hydrogens is 267 g/mol. The van der Waals surface area contributed by atoms with Crippen molar-refractivity contribution in [1.29, 1.82) is 0 Å². The number of rotatable bonds is 4. The third kappa shape index (κ3) is 3.98. The number of halogens is 3. The molecule has 0 amide bonds. The number of anilines is 1. The Labute approximate surface area is 106 Å². The summed E-state index contributed by atoms with van der Waals surface area (Å²) in [6, 6.07) is 1.10. The Morgan fingerprint density at radius 1 is 1.47 bits per heavy atom. The molecular formula is C10H12F3N3O3. The zero-order valence-electron chi connectivity index (χ0n) is 9.95. The van der Waals surface area contributed by atoms with Gasteiger partial charge in [0.25, 0.3) is 0 Å². The number of hydrogen-bond donors (Lipinski definition) is 2. The highest BCUT2D eigenvalue weighted by Gasteiger charge is 2.33. The molecule has 0 aromatic carbocycles. The number of alkyl halides is 3. The summed E-state index contributed by atoms with van der Waals surface area (Å²) in [5, 5.41) is 0. The van der Waals surface area contributed by atoms with Gasteiger partial charge >= 0.3 is 12.3 Å². The van der Waals surface area contributed by atoms with Crippen LogP contribution in [0.5, 0.6) is 5.88 Å². The number of carbonyl (C=O) groups excluding carboxylic acids is 1. The van der Waals surface area contributed by atoms with Gasteiger partial charge in [-0.1, -0.05) is 0 Å². The Bertz CT molecular complexity index is 477. The quantitative estimate of drug-likeness (QED) is 0.803. The molecule has 1 aromatic rings. The molecule has 19 heavy (non-hydrogen) atoms. The Balaban J connectivity index is 3.21. The van der Waals surface area contributed by atoms with Crippen molar-refractivity contribution in [2.75, 3.05) is 12.3 Å². The van der Waals surface area contributed by atoms with Crippen LogP contribution in [0.3, 0.4) is 0 Å². The van der Waals surface area contributed by atoms with E-state index in [9.17, 15) is 18.0 Å². The number of pyridine rings is 1. The minimum Gasteiger partial charge on any atom is -0.461 e. The van der Waals surface area contributed by atoms with Crippen molar-refractivity contribution in [2.45, 2.75) is 19.8 Å². The highest BCUT2D eigenvalue weighted by molar-refractivity contribution is 5.89. The third-order valence-corrected chi connectivity index (χ3v) is 2.00. The van der Waals surface area contributed by atoms with Gasteiger partial charge in [0.05, 0.1) is 12.3 Å². The van der Waals surface area contributed by atoms with E-state index in [0.717, 1.165) is 6.07 Å². The van der Waals surface area contributed by atoms with Crippen molar-refractivity contribution in [3.63, 3.8) is 0 Å². The topological polar surface area (TPSA) is 100 Å². The lowest BCUT2D eigenvalue weighted by atomic mass is 10.2. The largest absolute Gasteiger partial charge is 0.574 e. The molecule has 0 atom stereocenters. The summed E-state index contributed by atoms with van der Waals surface area (Å²) < 4.78 is 44.7. The summed E-state index contributed by atoms with van der Waals surface area (Å²) in [5.41, 5.74) is 10.2. The molecule has 1 heterocycles. The molecule has 4 N–H and O–H groups in total. The van der Waals surface area contributed by atoms with Crippen LogP contribution < -0.4 is 16.2 Å². The molecule has 0 aliphatic heterocycles. The summed E-state index contributed by atoms with van der Waals surface area (Å²) in [6.07, 6.45) is -4.96. The Morgan fingerprint density at radius 3 is 2.58 bits per heavy atom. The van der Waals surface area contributed by atoms with Gasteiger partial charge in [-0.25, -0.2) is 9.78 Å². The molecule has 1 rings (SSSR count). The predicted molar refractivity (Wildman–Crippen MR) is 59.2 cm³/mol. The molecule has 0 aliphatic rings. The van der Waals surface area contributed by atoms with Crippen molar-refractivity contribution in [1.82, 2.24) is 4.98 Å². The zero-order chi connectivity index (χ0) is 14.6. The molecule has 1 aromatic heterocycles. The van der Waals surface area contributed by atoms with Gasteiger partial charge < -0.3 is 20.9 Å². The molecule has 0 radical (unpaired) electrons. The third-order valence-electron chi connectivity index (χ3n) is 2.00. The minimum atomic E-state index is -4.96. The number of nitrogen functional groups attached to an aromatic ring is 1. The van der Waals surface area contributed by atoms with E-state index >= 15 is 0 Å². The van der Waals surface area contributed by atoms with Gasteiger partial charge in [0.2, 0.25) is 5.88 Å². The average molecular weight is 279 g/mol. The van der Waals surface area contributed by atoms with Crippen molar-refractivity contribution >= 4 is 11.7 Å². The van der Waals surface area contributed by atoms with E-state index < -0.39 is 18.2 Å². The molecule has 106 valence electrons. The fraction of sp³-hybridized carbons (Fsp3) is 0.400. The number of ether oxygens (including phenoxy) is 2. The Morgan fingerprint density at radius 2 is 2.11 bits per heavy atom. The van der Waals surface area contributed by atoms with Crippen LogP contribution in [0.1, 0.15) is 23.0 Å². The highest BCUT2D eigenvalue weighted by Crippen LogP contribution is 2.28. The molecule has 0 saturated heterocycles. The number of hydrogen-bond acceptors (Lipinski definition) is 6. The lowest BCUT2D eigenvalue weighted by molar-refractivity contribution is -0.275. The summed E-state index contributed by atoms with van der Waals surface area (Å²) in [6.45, 7) is 1.46. The number of nitrogens with zero attached hydrogens (tertiary/aromatic N) is 1. The van der Waals surface area contributed by atoms with E-state index in [1.165, 1.54) is 0 Å². The monoisotopic (exact) mass is 279 g/mol. The van der Waals surface area contributed by atoms with Crippen LogP contribution in [0, 0.1) is 0 Å². The minimum absolute atomic E-state index is 0.0460. The first-order valence-corrected chi connectivity index (χ1v) is 5.20. The molecule has 0 spiro atoms. The van der Waals surface area contributed by atoms with Crippen LogP contribution in [0.25, 0.3) is 0 Å². The molecule has 6 nitrogen and oxygen atoms in total. The van der Waals surface area contributed by atoms with E-state index in [1.54, 1.807) is 6.92 Å². The Kier molecular flexibility index (Phi) is 4.54. The summed E-state index contributed by atoms with van der Waals surface area (Å²) in [4.78, 5) is 15.0. The molecule has 9 heteroatoms. The number of carbonyl (C=O) groups is 1. The summed E-state index contributed by atoms with van der Waals surface area (Å²) in [7, 11) is 0. The van der Waals surface area contributed by atoms with E-state index in [2.05, 4.69) is 14.5 Å². The first-order chi connectivity index (χ1) is 8.78. The van der Waals surface area contributed by atoms with Crippen LogP contribution in [0.15, 0.2) is 6.07 Å². The summed E-state index contributed by atoms with van der Waals surface area (Å²) in [5.74, 6) is -1.80. The van der Waals surface area contributed by atoms with E-state index in [-0.39, 0.29) is 30.1 Å². The van der Waals surface area contributed by atoms with Gasteiger partial charge in [0.15, 0.2) is 5.69 Å². The van der Waals surface area contributed by atoms with E-state index in [0.29, 0.717) is 0 Å². The molecule has 0 fully saturated rings. The second-order valence-electron chi connectivity index (χ2n) is 3.36. The Hall–Kier alpha value is -2.03. The van der Waals surface area contributed by atoms with E-state index in [4.69, 9.17) is 11.5 Å². The zero-order valence-corrected chi connectivity index (χ0v) is 9.95. The van der Waals surface area contributed by atoms with Gasteiger partial charge in [-0.2, -0.15) is 0 Å². The molecule has 0 unspecified atom stereocenters. The van der Waals surface area contributed by atoms with Crippen molar-refractivity contribution in [3.05, 3.63) is 17.3 Å². The maximum Gasteiger partial charge on any atom is 0.574 e. The van der Waals surface area contributed by atoms with Crippen molar-refractivity contribution in [2.24, 2.45) is 5.73 Å². The molecule has 0 bridgehead atoms. The van der Waals surface area contributed by atoms with Crippen LogP contribution in [0.4, 0.5) is 18.9 Å². The SMILES string of the molecule is CCOC(=O)c1nc(OC(F)(F)F)c(N)cc1CN. The fourth-order valence-electron chi connectivity index (χ4n) is 1.28. The van der Waals surface area contributed by atoms with Crippen LogP contribution >= 0.6 is 0 Å². The van der Waals surface area contributed by atoms with Crippen LogP contribution in [-0.2, 0) is 11.3 Å². The van der Waals surface area contributed by atoms with Crippen molar-refractivity contribution in [3.8, 4) is 5.88 Å². The van der Waals surface area contributed by atoms with Gasteiger partial charge in [0, 0.05) is 12.1 Å². The van der Waals surface area contributed by atoms with Gasteiger partial charge in [-0.3, -0.25) is 0 Å². The van der Waals surface area contributed by atoms with Crippen LogP contribution in [0.2, 0.25) is 0 Å².